The van der Waals surface area contributed by atoms with E-state index in [0.29, 0.717) is 12.1 Å². The third kappa shape index (κ3) is 3.69. The van der Waals surface area contributed by atoms with Gasteiger partial charge in [0.1, 0.15) is 0 Å². The van der Waals surface area contributed by atoms with E-state index in [0.717, 1.165) is 25.7 Å². The second kappa shape index (κ2) is 6.83. The molecule has 21 heavy (non-hydrogen) atoms. The highest BCUT2D eigenvalue weighted by Crippen LogP contribution is 2.25. The van der Waals surface area contributed by atoms with Gasteiger partial charge in [0, 0.05) is 24.5 Å². The highest BCUT2D eigenvalue weighted by molar-refractivity contribution is 5.30. The lowest BCUT2D eigenvalue weighted by atomic mass is 9.90. The van der Waals surface area contributed by atoms with Crippen LogP contribution >= 0.6 is 0 Å². The van der Waals surface area contributed by atoms with Gasteiger partial charge in [-0.05, 0) is 48.9 Å². The van der Waals surface area contributed by atoms with Crippen molar-refractivity contribution in [3.8, 4) is 0 Å². The van der Waals surface area contributed by atoms with Crippen LogP contribution in [0.25, 0.3) is 0 Å². The van der Waals surface area contributed by atoms with Gasteiger partial charge >= 0.3 is 0 Å². The number of nitrogens with zero attached hydrogens (tertiary/aromatic N) is 1. The van der Waals surface area contributed by atoms with E-state index in [2.05, 4.69) is 52.8 Å². The molecule has 1 aromatic carbocycles. The number of benzene rings is 1. The standard InChI is InChI=1S/C18H23N3/c19-16-6-8-17(9-7-16)21-18(14-4-2-1-3-5-14)15-10-12-20-13-11-15/h1-5,10-13,16-18,21H,6-9,19H2. The second-order valence-corrected chi connectivity index (χ2v) is 5.90. The second-order valence-electron chi connectivity index (χ2n) is 5.90. The Morgan fingerprint density at radius 1 is 0.905 bits per heavy atom. The molecule has 3 N–H and O–H groups in total. The van der Waals surface area contributed by atoms with Crippen LogP contribution in [0.3, 0.4) is 0 Å². The smallest absolute Gasteiger partial charge is 0.0579 e. The summed E-state index contributed by atoms with van der Waals surface area (Å²) >= 11 is 0. The summed E-state index contributed by atoms with van der Waals surface area (Å²) in [6.07, 6.45) is 8.30. The van der Waals surface area contributed by atoms with E-state index in [1.54, 1.807) is 0 Å². The molecular weight excluding hydrogens is 258 g/mol. The van der Waals surface area contributed by atoms with Gasteiger partial charge in [-0.25, -0.2) is 0 Å². The molecule has 1 aliphatic rings. The molecule has 3 heteroatoms. The highest BCUT2D eigenvalue weighted by atomic mass is 15.0. The maximum absolute atomic E-state index is 6.01. The lowest BCUT2D eigenvalue weighted by Gasteiger charge is -2.31. The van der Waals surface area contributed by atoms with Gasteiger partial charge in [-0.1, -0.05) is 30.3 Å². The minimum absolute atomic E-state index is 0.230. The van der Waals surface area contributed by atoms with Crippen molar-refractivity contribution in [2.45, 2.75) is 43.8 Å². The lowest BCUT2D eigenvalue weighted by molar-refractivity contribution is 0.328. The fraction of sp³-hybridized carbons (Fsp3) is 0.389. The molecule has 1 unspecified atom stereocenters. The lowest BCUT2D eigenvalue weighted by Crippen LogP contribution is -2.39. The third-order valence-electron chi connectivity index (χ3n) is 4.35. The Bertz CT molecular complexity index is 493. The molecule has 0 saturated heterocycles. The summed E-state index contributed by atoms with van der Waals surface area (Å²) in [5.41, 5.74) is 8.59. The topological polar surface area (TPSA) is 50.9 Å². The normalized spacial score (nSPS) is 23.7. The number of pyridine rings is 1. The maximum Gasteiger partial charge on any atom is 0.0579 e. The Morgan fingerprint density at radius 3 is 2.19 bits per heavy atom. The van der Waals surface area contributed by atoms with Crippen molar-refractivity contribution in [2.75, 3.05) is 0 Å². The van der Waals surface area contributed by atoms with Crippen molar-refractivity contribution in [1.29, 1.82) is 0 Å². The predicted octanol–water partition coefficient (Wildman–Crippen LogP) is 3.03. The molecule has 0 bridgehead atoms. The fourth-order valence-corrected chi connectivity index (χ4v) is 3.11. The van der Waals surface area contributed by atoms with E-state index in [1.807, 2.05) is 12.4 Å². The van der Waals surface area contributed by atoms with Gasteiger partial charge in [0.2, 0.25) is 0 Å². The molecule has 1 atom stereocenters. The Kier molecular flexibility index (Phi) is 4.63. The Labute approximate surface area is 126 Å². The van der Waals surface area contributed by atoms with E-state index in [1.165, 1.54) is 11.1 Å². The molecular formula is C18H23N3. The number of nitrogens with one attached hydrogen (secondary N) is 1. The van der Waals surface area contributed by atoms with Crippen LogP contribution in [0.2, 0.25) is 0 Å². The first-order valence-electron chi connectivity index (χ1n) is 7.79. The number of nitrogens with two attached hydrogens (primary N) is 1. The Morgan fingerprint density at radius 2 is 1.52 bits per heavy atom. The number of hydrogen-bond donors (Lipinski definition) is 2. The van der Waals surface area contributed by atoms with Crippen LogP contribution in [-0.2, 0) is 0 Å². The van der Waals surface area contributed by atoms with Gasteiger partial charge in [-0.2, -0.15) is 0 Å². The summed E-state index contributed by atoms with van der Waals surface area (Å²) in [6, 6.07) is 16.0. The van der Waals surface area contributed by atoms with Crippen LogP contribution in [0.1, 0.15) is 42.9 Å². The molecule has 1 aliphatic carbocycles. The van der Waals surface area contributed by atoms with Gasteiger partial charge in [0.05, 0.1) is 6.04 Å². The first-order chi connectivity index (χ1) is 10.3. The van der Waals surface area contributed by atoms with Crippen molar-refractivity contribution < 1.29 is 0 Å². The summed E-state index contributed by atoms with van der Waals surface area (Å²) in [7, 11) is 0. The first kappa shape index (κ1) is 14.2. The van der Waals surface area contributed by atoms with Crippen LogP contribution in [0.5, 0.6) is 0 Å². The first-order valence-corrected chi connectivity index (χ1v) is 7.79. The van der Waals surface area contributed by atoms with E-state index < -0.39 is 0 Å². The maximum atomic E-state index is 6.01. The Hall–Kier alpha value is -1.71. The largest absolute Gasteiger partial charge is 0.328 e. The molecule has 0 spiro atoms. The summed E-state index contributed by atoms with van der Waals surface area (Å²) < 4.78 is 0. The van der Waals surface area contributed by atoms with Gasteiger partial charge in [0.25, 0.3) is 0 Å². The molecule has 1 saturated carbocycles. The van der Waals surface area contributed by atoms with E-state index in [9.17, 15) is 0 Å². The molecule has 1 heterocycles. The third-order valence-corrected chi connectivity index (χ3v) is 4.35. The van der Waals surface area contributed by atoms with Crippen LogP contribution in [0, 0.1) is 0 Å². The van der Waals surface area contributed by atoms with E-state index in [4.69, 9.17) is 5.73 Å². The summed E-state index contributed by atoms with van der Waals surface area (Å²) in [4.78, 5) is 4.13. The molecule has 110 valence electrons. The van der Waals surface area contributed by atoms with Gasteiger partial charge in [-0.15, -0.1) is 0 Å². The molecule has 1 fully saturated rings. The quantitative estimate of drug-likeness (QED) is 0.905. The van der Waals surface area contributed by atoms with Gasteiger partial charge in [-0.3, -0.25) is 4.98 Å². The minimum atomic E-state index is 0.230. The van der Waals surface area contributed by atoms with Crippen molar-refractivity contribution >= 4 is 0 Å². The number of hydrogen-bond acceptors (Lipinski definition) is 3. The van der Waals surface area contributed by atoms with Crippen molar-refractivity contribution in [2.24, 2.45) is 5.73 Å². The van der Waals surface area contributed by atoms with Crippen LogP contribution in [0.4, 0.5) is 0 Å². The van der Waals surface area contributed by atoms with Crippen molar-refractivity contribution in [3.05, 3.63) is 66.0 Å². The molecule has 2 aromatic rings. The van der Waals surface area contributed by atoms with Crippen LogP contribution in [-0.4, -0.2) is 17.1 Å². The van der Waals surface area contributed by atoms with E-state index >= 15 is 0 Å². The fourth-order valence-electron chi connectivity index (χ4n) is 3.11. The molecule has 1 aromatic heterocycles. The Balaban J connectivity index is 1.80. The average molecular weight is 281 g/mol. The molecule has 0 aliphatic heterocycles. The zero-order valence-electron chi connectivity index (χ0n) is 12.3. The molecule has 0 amide bonds. The zero-order chi connectivity index (χ0) is 14.5. The zero-order valence-corrected chi connectivity index (χ0v) is 12.3. The van der Waals surface area contributed by atoms with Crippen LogP contribution < -0.4 is 11.1 Å². The minimum Gasteiger partial charge on any atom is -0.328 e. The number of rotatable bonds is 4. The predicted molar refractivity (Wildman–Crippen MR) is 85.9 cm³/mol. The summed E-state index contributed by atoms with van der Waals surface area (Å²) in [5, 5.41) is 3.83. The SMILES string of the molecule is NC1CCC(NC(c2ccccc2)c2ccncc2)CC1. The summed E-state index contributed by atoms with van der Waals surface area (Å²) in [5.74, 6) is 0. The van der Waals surface area contributed by atoms with Crippen molar-refractivity contribution in [3.63, 3.8) is 0 Å². The number of aromatic nitrogens is 1. The molecule has 0 radical (unpaired) electrons. The van der Waals surface area contributed by atoms with Gasteiger partial charge in [0.15, 0.2) is 0 Å². The highest BCUT2D eigenvalue weighted by Gasteiger charge is 2.22. The van der Waals surface area contributed by atoms with Crippen LogP contribution in [0.15, 0.2) is 54.9 Å². The van der Waals surface area contributed by atoms with E-state index in [-0.39, 0.29) is 6.04 Å². The summed E-state index contributed by atoms with van der Waals surface area (Å²) in [6.45, 7) is 0. The average Bonchev–Trinajstić information content (AvgIpc) is 2.56. The molecule has 3 rings (SSSR count). The monoisotopic (exact) mass is 281 g/mol. The van der Waals surface area contributed by atoms with Gasteiger partial charge < -0.3 is 11.1 Å². The molecule has 3 nitrogen and oxygen atoms in total. The van der Waals surface area contributed by atoms with Crippen molar-refractivity contribution in [1.82, 2.24) is 10.3 Å².